The summed E-state index contributed by atoms with van der Waals surface area (Å²) in [5, 5.41) is 41.7. The molecule has 2 rings (SSSR count). The summed E-state index contributed by atoms with van der Waals surface area (Å²) >= 11 is 0. The van der Waals surface area contributed by atoms with Gasteiger partial charge in [-0.05, 0) is 22.9 Å². The molecule has 0 heterocycles. The molecule has 0 unspecified atom stereocenters. The molecule has 0 radical (unpaired) electrons. The summed E-state index contributed by atoms with van der Waals surface area (Å²) < 4.78 is 0. The number of hydrogen-bond acceptors (Lipinski definition) is 5. The van der Waals surface area contributed by atoms with Gasteiger partial charge in [0, 0.05) is 0 Å². The Labute approximate surface area is 92.0 Å². The second-order valence-corrected chi connectivity index (χ2v) is 3.03. The molecule has 0 spiro atoms. The monoisotopic (exact) mass is 222 g/mol. The predicted molar refractivity (Wildman–Crippen MR) is 59.7 cm³/mol. The van der Waals surface area contributed by atoms with Gasteiger partial charge in [0.15, 0.2) is 11.5 Å². The van der Waals surface area contributed by atoms with E-state index in [9.17, 15) is 0 Å². The molecule has 2 aromatic carbocycles. The van der Waals surface area contributed by atoms with Crippen molar-refractivity contribution in [2.24, 2.45) is 0 Å². The van der Waals surface area contributed by atoms with Gasteiger partial charge in [-0.1, -0.05) is 24.3 Å². The Kier molecular flexibility index (Phi) is 4.13. The van der Waals surface area contributed by atoms with Crippen molar-refractivity contribution in [2.45, 2.75) is 0 Å². The zero-order valence-electron chi connectivity index (χ0n) is 8.28. The number of fused-ring (bicyclic) bond motifs is 1. The Bertz CT molecular complexity index is 428. The molecule has 5 nitrogen and oxygen atoms in total. The van der Waals surface area contributed by atoms with E-state index >= 15 is 0 Å². The van der Waals surface area contributed by atoms with E-state index in [2.05, 4.69) is 0 Å². The van der Waals surface area contributed by atoms with Crippen molar-refractivity contribution in [3.63, 3.8) is 0 Å². The first kappa shape index (κ1) is 12.3. The SMILES string of the molecule is OB(O)O.Oc1cc2ccccc2cc1O. The maximum absolute atomic E-state index is 9.17. The average molecular weight is 222 g/mol. The number of phenolic OH excluding ortho intramolecular Hbond substituents is 2. The minimum Gasteiger partial charge on any atom is -0.504 e. The summed E-state index contributed by atoms with van der Waals surface area (Å²) in [6.45, 7) is 0. The van der Waals surface area contributed by atoms with Crippen molar-refractivity contribution in [1.82, 2.24) is 0 Å². The van der Waals surface area contributed by atoms with Crippen LogP contribution in [0.4, 0.5) is 0 Å². The van der Waals surface area contributed by atoms with Gasteiger partial charge in [-0.25, -0.2) is 0 Å². The quantitative estimate of drug-likeness (QED) is 0.323. The van der Waals surface area contributed by atoms with Crippen LogP contribution in [0.5, 0.6) is 11.5 Å². The van der Waals surface area contributed by atoms with E-state index in [1.54, 1.807) is 12.1 Å². The molecule has 0 saturated heterocycles. The van der Waals surface area contributed by atoms with Crippen LogP contribution in [0.2, 0.25) is 0 Å². The number of phenols is 2. The molecule has 0 aliphatic carbocycles. The molecule has 16 heavy (non-hydrogen) atoms. The van der Waals surface area contributed by atoms with Crippen LogP contribution in [-0.4, -0.2) is 32.6 Å². The smallest absolute Gasteiger partial charge is 0.504 e. The zero-order valence-corrected chi connectivity index (χ0v) is 8.28. The Morgan fingerprint density at radius 2 is 1.06 bits per heavy atom. The van der Waals surface area contributed by atoms with Crippen molar-refractivity contribution < 1.29 is 25.3 Å². The fraction of sp³-hybridized carbons (Fsp3) is 0. The highest BCUT2D eigenvalue weighted by molar-refractivity contribution is 6.30. The fourth-order valence-electron chi connectivity index (χ4n) is 1.22. The van der Waals surface area contributed by atoms with E-state index in [1.165, 1.54) is 0 Å². The first-order valence-electron chi connectivity index (χ1n) is 4.45. The largest absolute Gasteiger partial charge is 0.631 e. The van der Waals surface area contributed by atoms with Crippen LogP contribution in [0.1, 0.15) is 0 Å². The van der Waals surface area contributed by atoms with E-state index < -0.39 is 7.32 Å². The van der Waals surface area contributed by atoms with Gasteiger partial charge in [-0.3, -0.25) is 0 Å². The van der Waals surface area contributed by atoms with E-state index in [1.807, 2.05) is 24.3 Å². The van der Waals surface area contributed by atoms with Gasteiger partial charge in [-0.2, -0.15) is 0 Å². The lowest BCUT2D eigenvalue weighted by molar-refractivity contribution is 0.278. The van der Waals surface area contributed by atoms with Gasteiger partial charge in [-0.15, -0.1) is 0 Å². The normalized spacial score (nSPS) is 9.44. The highest BCUT2D eigenvalue weighted by atomic mass is 16.5. The molecule has 6 heteroatoms. The van der Waals surface area contributed by atoms with Crippen LogP contribution in [0.3, 0.4) is 0 Å². The van der Waals surface area contributed by atoms with Crippen molar-refractivity contribution in [1.29, 1.82) is 0 Å². The van der Waals surface area contributed by atoms with E-state index in [4.69, 9.17) is 25.3 Å². The summed E-state index contributed by atoms with van der Waals surface area (Å²) in [7, 11) is -2.17. The van der Waals surface area contributed by atoms with Crippen LogP contribution < -0.4 is 0 Å². The maximum atomic E-state index is 9.17. The average Bonchev–Trinajstić information content (AvgIpc) is 2.19. The first-order valence-corrected chi connectivity index (χ1v) is 4.45. The van der Waals surface area contributed by atoms with Crippen molar-refractivity contribution in [2.75, 3.05) is 0 Å². The molecular formula is C10H11BO5. The van der Waals surface area contributed by atoms with Gasteiger partial charge in [0.1, 0.15) is 0 Å². The lowest BCUT2D eigenvalue weighted by Crippen LogP contribution is -2.07. The Hall–Kier alpha value is -1.76. The first-order chi connectivity index (χ1) is 7.50. The fourth-order valence-corrected chi connectivity index (χ4v) is 1.22. The molecule has 0 bridgehead atoms. The topological polar surface area (TPSA) is 101 Å². The summed E-state index contributed by atoms with van der Waals surface area (Å²) in [5.41, 5.74) is 0. The molecule has 0 aliphatic heterocycles. The third-order valence-corrected chi connectivity index (χ3v) is 1.84. The summed E-state index contributed by atoms with van der Waals surface area (Å²) in [5.74, 6) is -0.151. The molecule has 84 valence electrons. The summed E-state index contributed by atoms with van der Waals surface area (Å²) in [4.78, 5) is 0. The third kappa shape index (κ3) is 3.43. The van der Waals surface area contributed by atoms with E-state index in [-0.39, 0.29) is 11.5 Å². The van der Waals surface area contributed by atoms with Crippen LogP contribution in [-0.2, 0) is 0 Å². The summed E-state index contributed by atoms with van der Waals surface area (Å²) in [6.07, 6.45) is 0. The highest BCUT2D eigenvalue weighted by Gasteiger charge is 1.99. The molecule has 0 aromatic heterocycles. The Balaban J connectivity index is 0.000000280. The Morgan fingerprint density at radius 3 is 1.38 bits per heavy atom. The molecule has 0 fully saturated rings. The molecule has 0 amide bonds. The van der Waals surface area contributed by atoms with Crippen LogP contribution >= 0.6 is 0 Å². The second kappa shape index (κ2) is 5.36. The van der Waals surface area contributed by atoms with Gasteiger partial charge in [0.25, 0.3) is 0 Å². The number of hydrogen-bond donors (Lipinski definition) is 5. The predicted octanol–water partition coefficient (Wildman–Crippen LogP) is 0.199. The van der Waals surface area contributed by atoms with Crippen molar-refractivity contribution >= 4 is 18.1 Å². The minimum absolute atomic E-state index is 0.0753. The van der Waals surface area contributed by atoms with Gasteiger partial charge >= 0.3 is 7.32 Å². The standard InChI is InChI=1S/C10H8O2.BH3O3/c11-9-5-7-3-1-2-4-8(7)6-10(9)12;2-1(3)4/h1-6,11-12H;2-4H. The van der Waals surface area contributed by atoms with E-state index in [0.717, 1.165) is 10.8 Å². The molecular weight excluding hydrogens is 211 g/mol. The van der Waals surface area contributed by atoms with Gasteiger partial charge in [0.05, 0.1) is 0 Å². The molecule has 2 aromatic rings. The number of benzene rings is 2. The van der Waals surface area contributed by atoms with Crippen LogP contribution in [0.25, 0.3) is 10.8 Å². The maximum Gasteiger partial charge on any atom is 0.631 e. The third-order valence-electron chi connectivity index (χ3n) is 1.84. The van der Waals surface area contributed by atoms with E-state index in [0.29, 0.717) is 0 Å². The molecule has 0 saturated carbocycles. The zero-order chi connectivity index (χ0) is 12.1. The van der Waals surface area contributed by atoms with Crippen molar-refractivity contribution in [3.8, 4) is 11.5 Å². The Morgan fingerprint density at radius 1 is 0.750 bits per heavy atom. The van der Waals surface area contributed by atoms with Crippen molar-refractivity contribution in [3.05, 3.63) is 36.4 Å². The second-order valence-electron chi connectivity index (χ2n) is 3.03. The highest BCUT2D eigenvalue weighted by Crippen LogP contribution is 2.29. The minimum atomic E-state index is -2.17. The van der Waals surface area contributed by atoms with Gasteiger partial charge < -0.3 is 25.3 Å². The number of rotatable bonds is 0. The lowest BCUT2D eigenvalue weighted by atomic mass is 10.1. The van der Waals surface area contributed by atoms with Crippen LogP contribution in [0.15, 0.2) is 36.4 Å². The van der Waals surface area contributed by atoms with Crippen LogP contribution in [0, 0.1) is 0 Å². The molecule has 0 atom stereocenters. The lowest BCUT2D eigenvalue weighted by Gasteiger charge is -2.00. The van der Waals surface area contributed by atoms with Gasteiger partial charge in [0.2, 0.25) is 0 Å². The molecule has 0 aliphatic rings. The molecule has 5 N–H and O–H groups in total. The summed E-state index contributed by atoms with van der Waals surface area (Å²) in [6, 6.07) is 10.6. The number of aromatic hydroxyl groups is 2.